The van der Waals surface area contributed by atoms with Crippen LogP contribution in [0.2, 0.25) is 0 Å². The maximum Gasteiger partial charge on any atom is 0.303 e. The van der Waals surface area contributed by atoms with Gasteiger partial charge < -0.3 is 19.7 Å². The number of esters is 2. The zero-order valence-electron chi connectivity index (χ0n) is 10.7. The molecule has 1 unspecified atom stereocenters. The van der Waals surface area contributed by atoms with E-state index in [1.807, 2.05) is 0 Å². The smallest absolute Gasteiger partial charge is 0.303 e. The molecular formula is C10H20O7. The van der Waals surface area contributed by atoms with Crippen molar-refractivity contribution >= 4 is 17.9 Å². The van der Waals surface area contributed by atoms with E-state index in [-0.39, 0.29) is 24.6 Å². The Morgan fingerprint density at radius 3 is 1.65 bits per heavy atom. The summed E-state index contributed by atoms with van der Waals surface area (Å²) in [6, 6.07) is 0. The van der Waals surface area contributed by atoms with E-state index in [9.17, 15) is 9.59 Å². The molecule has 17 heavy (non-hydrogen) atoms. The van der Waals surface area contributed by atoms with Gasteiger partial charge in [0, 0.05) is 27.9 Å². The number of hydrogen-bond donors (Lipinski definition) is 2. The summed E-state index contributed by atoms with van der Waals surface area (Å²) >= 11 is 0. The van der Waals surface area contributed by atoms with Gasteiger partial charge in [-0.2, -0.15) is 0 Å². The molecule has 0 radical (unpaired) electrons. The molecule has 0 aliphatic rings. The molecule has 0 fully saturated rings. The third-order valence-electron chi connectivity index (χ3n) is 0.888. The summed E-state index contributed by atoms with van der Waals surface area (Å²) in [7, 11) is 1.00. The van der Waals surface area contributed by atoms with E-state index in [1.165, 1.54) is 13.8 Å². The van der Waals surface area contributed by atoms with Crippen LogP contribution in [0.5, 0.6) is 0 Å². The van der Waals surface area contributed by atoms with E-state index >= 15 is 0 Å². The van der Waals surface area contributed by atoms with Crippen molar-refractivity contribution in [2.75, 3.05) is 13.7 Å². The summed E-state index contributed by atoms with van der Waals surface area (Å²) in [5.74, 6) is -1.58. The van der Waals surface area contributed by atoms with E-state index in [1.54, 1.807) is 6.92 Å². The minimum atomic E-state index is -0.833. The summed E-state index contributed by atoms with van der Waals surface area (Å²) in [6.07, 6.45) is -0.364. The number of ether oxygens (including phenoxy) is 2. The summed E-state index contributed by atoms with van der Waals surface area (Å²) in [6.45, 7) is 5.48. The molecule has 0 rings (SSSR count). The van der Waals surface area contributed by atoms with Gasteiger partial charge in [0.15, 0.2) is 0 Å². The lowest BCUT2D eigenvalue weighted by atomic mass is 10.4. The predicted octanol–water partition coefficient (Wildman–Crippen LogP) is 0.200. The molecule has 0 aromatic carbocycles. The minimum absolute atomic E-state index is 0.120. The highest BCUT2D eigenvalue weighted by Gasteiger charge is 2.06. The number of aliphatic hydroxyl groups excluding tert-OH is 1. The first kappa shape index (κ1) is 20.7. The number of hydrogen-bond acceptors (Lipinski definition) is 6. The fourth-order valence-electron chi connectivity index (χ4n) is 0.552. The Labute approximate surface area is 100 Å². The van der Waals surface area contributed by atoms with Gasteiger partial charge in [-0.25, -0.2) is 0 Å². The van der Waals surface area contributed by atoms with Crippen LogP contribution in [0.25, 0.3) is 0 Å². The van der Waals surface area contributed by atoms with Gasteiger partial charge in [-0.3, -0.25) is 14.4 Å². The van der Waals surface area contributed by atoms with Crippen LogP contribution in [0.15, 0.2) is 0 Å². The summed E-state index contributed by atoms with van der Waals surface area (Å²) in [4.78, 5) is 29.6. The maximum atomic E-state index is 10.3. The number of aliphatic hydroxyl groups is 1. The van der Waals surface area contributed by atoms with Crippen LogP contribution < -0.4 is 0 Å². The Morgan fingerprint density at radius 1 is 1.06 bits per heavy atom. The number of carboxylic acid groups (broad SMARTS) is 1. The number of carbonyl (C=O) groups excluding carboxylic acids is 2. The molecule has 0 spiro atoms. The topological polar surface area (TPSA) is 110 Å². The molecule has 102 valence electrons. The lowest BCUT2D eigenvalue weighted by molar-refractivity contribution is -0.155. The molecular weight excluding hydrogens is 232 g/mol. The van der Waals surface area contributed by atoms with Crippen LogP contribution in [0.3, 0.4) is 0 Å². The second kappa shape index (κ2) is 14.4. The van der Waals surface area contributed by atoms with Gasteiger partial charge in [-0.15, -0.1) is 0 Å². The van der Waals surface area contributed by atoms with E-state index in [0.29, 0.717) is 0 Å². The molecule has 1 atom stereocenters. The first-order valence-electron chi connectivity index (χ1n) is 4.70. The third kappa shape index (κ3) is 40.5. The van der Waals surface area contributed by atoms with Gasteiger partial charge in [0.25, 0.3) is 5.97 Å². The maximum absolute atomic E-state index is 10.3. The van der Waals surface area contributed by atoms with Crippen LogP contribution in [-0.2, 0) is 23.9 Å². The van der Waals surface area contributed by atoms with Crippen LogP contribution >= 0.6 is 0 Å². The molecule has 0 saturated carbocycles. The zero-order chi connectivity index (χ0) is 14.4. The molecule has 0 saturated heterocycles. The van der Waals surface area contributed by atoms with Gasteiger partial charge in [-0.05, 0) is 6.92 Å². The summed E-state index contributed by atoms with van der Waals surface area (Å²) < 4.78 is 9.27. The van der Waals surface area contributed by atoms with Crippen LogP contribution in [0.4, 0.5) is 0 Å². The van der Waals surface area contributed by atoms with Crippen molar-refractivity contribution in [1.82, 2.24) is 0 Å². The largest absolute Gasteiger partial charge is 0.481 e. The van der Waals surface area contributed by atoms with Crippen molar-refractivity contribution in [2.24, 2.45) is 0 Å². The number of aliphatic carboxylic acids is 1. The average molecular weight is 252 g/mol. The van der Waals surface area contributed by atoms with Gasteiger partial charge in [-0.1, -0.05) is 0 Å². The first-order valence-corrected chi connectivity index (χ1v) is 4.70. The van der Waals surface area contributed by atoms with Gasteiger partial charge >= 0.3 is 11.9 Å². The molecule has 0 aliphatic heterocycles. The molecule has 0 bridgehead atoms. The van der Waals surface area contributed by atoms with Crippen molar-refractivity contribution in [3.63, 3.8) is 0 Å². The lowest BCUT2D eigenvalue weighted by Gasteiger charge is -2.10. The van der Waals surface area contributed by atoms with E-state index in [0.717, 1.165) is 14.0 Å². The van der Waals surface area contributed by atoms with Crippen molar-refractivity contribution in [2.45, 2.75) is 33.8 Å². The molecule has 7 nitrogen and oxygen atoms in total. The van der Waals surface area contributed by atoms with Crippen LogP contribution in [0.1, 0.15) is 27.7 Å². The highest BCUT2D eigenvalue weighted by Crippen LogP contribution is 1.92. The van der Waals surface area contributed by atoms with Crippen molar-refractivity contribution in [3.05, 3.63) is 0 Å². The summed E-state index contributed by atoms with van der Waals surface area (Å²) in [5, 5.41) is 14.4. The molecule has 0 heterocycles. The lowest BCUT2D eigenvalue weighted by Crippen LogP contribution is -2.19. The Kier molecular flexibility index (Phi) is 17.5. The Hall–Kier alpha value is -1.63. The highest BCUT2D eigenvalue weighted by molar-refractivity contribution is 5.67. The van der Waals surface area contributed by atoms with Crippen LogP contribution in [-0.4, -0.2) is 47.9 Å². The monoisotopic (exact) mass is 252 g/mol. The normalized spacial score (nSPS) is 9.53. The van der Waals surface area contributed by atoms with Crippen molar-refractivity contribution < 1.29 is 34.1 Å². The second-order valence-corrected chi connectivity index (χ2v) is 2.74. The number of carboxylic acids is 1. The standard InChI is InChI=1S/C7H12O4.C2H4O2.CH4O/c1-5(11-7(3)9)4-10-6(2)8;1-2(3)4;1-2/h5H,4H2,1-3H3;1H3,(H,3,4);2H,1H3. The predicted molar refractivity (Wildman–Crippen MR) is 59.3 cm³/mol. The van der Waals surface area contributed by atoms with Gasteiger partial charge in [0.1, 0.15) is 12.7 Å². The molecule has 0 aromatic heterocycles. The van der Waals surface area contributed by atoms with Gasteiger partial charge in [0.05, 0.1) is 0 Å². The molecule has 0 amide bonds. The fraction of sp³-hybridized carbons (Fsp3) is 0.700. The Morgan fingerprint density at radius 2 is 1.41 bits per heavy atom. The highest BCUT2D eigenvalue weighted by atomic mass is 16.6. The van der Waals surface area contributed by atoms with Crippen LogP contribution in [0, 0.1) is 0 Å². The number of carbonyl (C=O) groups is 3. The summed E-state index contributed by atoms with van der Waals surface area (Å²) in [5.41, 5.74) is 0. The minimum Gasteiger partial charge on any atom is -0.481 e. The van der Waals surface area contributed by atoms with Crippen molar-refractivity contribution in [1.29, 1.82) is 0 Å². The third-order valence-corrected chi connectivity index (χ3v) is 0.888. The second-order valence-electron chi connectivity index (χ2n) is 2.74. The Balaban J connectivity index is -0.000000275. The van der Waals surface area contributed by atoms with E-state index < -0.39 is 5.97 Å². The molecule has 0 aromatic rings. The van der Waals surface area contributed by atoms with E-state index in [2.05, 4.69) is 9.47 Å². The Bertz CT molecular complexity index is 221. The van der Waals surface area contributed by atoms with Gasteiger partial charge in [0.2, 0.25) is 0 Å². The SMILES string of the molecule is CC(=O)O.CC(=O)OCC(C)OC(C)=O.CO. The molecule has 0 aliphatic carbocycles. The first-order chi connectivity index (χ1) is 7.75. The quantitative estimate of drug-likeness (QED) is 0.690. The average Bonchev–Trinajstić information content (AvgIpc) is 2.16. The van der Waals surface area contributed by atoms with E-state index in [4.69, 9.17) is 15.0 Å². The number of rotatable bonds is 3. The molecule has 7 heteroatoms. The molecule has 2 N–H and O–H groups in total. The van der Waals surface area contributed by atoms with Crippen molar-refractivity contribution in [3.8, 4) is 0 Å². The fourth-order valence-corrected chi connectivity index (χ4v) is 0.552. The zero-order valence-corrected chi connectivity index (χ0v) is 10.7.